The summed E-state index contributed by atoms with van der Waals surface area (Å²) < 4.78 is 15.5. The van der Waals surface area contributed by atoms with Crippen molar-refractivity contribution in [3.8, 4) is 11.6 Å². The standard InChI is InChI=1S/C31H33N9O4/c1-18-14-26(35-37(18)2)39-12-5-6-22(31(39)42)33-28-21-11-13-38(17-19-7-9-20(43-3)10-8-19)27(21)29-32-16-24(40(29)36-28)30(41)34-23-15-25(23)44-4/h5-10,12,14,16,23,25H,11,13,15,17H2,1-4H3,(H,33,36)(H,34,41)/t23-,25+/m1/s1. The smallest absolute Gasteiger partial charge is 0.280 e. The zero-order valence-corrected chi connectivity index (χ0v) is 24.9. The molecule has 13 nitrogen and oxygen atoms in total. The van der Waals surface area contributed by atoms with Gasteiger partial charge in [-0.3, -0.25) is 18.8 Å². The van der Waals surface area contributed by atoms with Gasteiger partial charge in [0, 0.05) is 50.8 Å². The topological polar surface area (TPSA) is 133 Å². The van der Waals surface area contributed by atoms with Crippen LogP contribution in [0.3, 0.4) is 0 Å². The number of hydrogen-bond donors (Lipinski definition) is 2. The molecule has 0 radical (unpaired) electrons. The molecule has 0 bridgehead atoms. The number of carbonyl (C=O) groups excluding carboxylic acids is 1. The molecule has 1 aliphatic heterocycles. The minimum Gasteiger partial charge on any atom is -0.497 e. The van der Waals surface area contributed by atoms with Gasteiger partial charge in [-0.1, -0.05) is 12.1 Å². The zero-order chi connectivity index (χ0) is 30.5. The molecule has 5 aromatic rings. The highest BCUT2D eigenvalue weighted by molar-refractivity contribution is 5.95. The van der Waals surface area contributed by atoms with Crippen molar-refractivity contribution in [2.24, 2.45) is 7.05 Å². The van der Waals surface area contributed by atoms with E-state index in [0.29, 0.717) is 41.6 Å². The van der Waals surface area contributed by atoms with Crippen LogP contribution in [0.5, 0.6) is 5.75 Å². The maximum Gasteiger partial charge on any atom is 0.280 e. The number of nitrogens with one attached hydrogen (secondary N) is 2. The Hall–Kier alpha value is -5.17. The molecule has 1 aliphatic carbocycles. The number of hydrogen-bond acceptors (Lipinski definition) is 9. The first kappa shape index (κ1) is 27.7. The molecular weight excluding hydrogens is 562 g/mol. The highest BCUT2D eigenvalue weighted by Crippen LogP contribution is 2.38. The summed E-state index contributed by atoms with van der Waals surface area (Å²) in [7, 11) is 5.12. The fraction of sp³-hybridized carbons (Fsp3) is 0.323. The molecule has 226 valence electrons. The van der Waals surface area contributed by atoms with Crippen LogP contribution < -0.4 is 25.8 Å². The highest BCUT2D eigenvalue weighted by atomic mass is 16.5. The number of fused-ring (bicyclic) bond motifs is 3. The molecule has 1 saturated carbocycles. The number of rotatable bonds is 9. The third-order valence-electron chi connectivity index (χ3n) is 8.33. The van der Waals surface area contributed by atoms with Crippen molar-refractivity contribution in [3.63, 3.8) is 0 Å². The number of carbonyl (C=O) groups is 1. The third kappa shape index (κ3) is 4.84. The third-order valence-corrected chi connectivity index (χ3v) is 8.33. The van der Waals surface area contributed by atoms with Crippen LogP contribution in [0.4, 0.5) is 17.2 Å². The van der Waals surface area contributed by atoms with Gasteiger partial charge in [0.05, 0.1) is 31.1 Å². The number of nitrogens with zero attached hydrogens (tertiary/aromatic N) is 7. The Bertz CT molecular complexity index is 1920. The van der Waals surface area contributed by atoms with Crippen LogP contribution in [0, 0.1) is 6.92 Å². The van der Waals surface area contributed by atoms with E-state index < -0.39 is 0 Å². The molecule has 2 atom stereocenters. The van der Waals surface area contributed by atoms with E-state index >= 15 is 0 Å². The number of pyridine rings is 1. The fourth-order valence-electron chi connectivity index (χ4n) is 5.69. The Labute approximate surface area is 253 Å². The Balaban J connectivity index is 1.30. The normalized spacial score (nSPS) is 17.1. The van der Waals surface area contributed by atoms with E-state index in [1.165, 1.54) is 4.57 Å². The largest absolute Gasteiger partial charge is 0.497 e. The molecular formula is C31H33N9O4. The molecule has 5 heterocycles. The van der Waals surface area contributed by atoms with Gasteiger partial charge in [0.25, 0.3) is 11.5 Å². The summed E-state index contributed by atoms with van der Waals surface area (Å²) in [4.78, 5) is 33.9. The summed E-state index contributed by atoms with van der Waals surface area (Å²) in [6.45, 7) is 3.27. The number of methoxy groups -OCH3 is 2. The van der Waals surface area contributed by atoms with Gasteiger partial charge < -0.3 is 25.0 Å². The number of anilines is 3. The molecule has 0 spiro atoms. The molecule has 2 aliphatic rings. The predicted octanol–water partition coefficient (Wildman–Crippen LogP) is 2.75. The lowest BCUT2D eigenvalue weighted by Gasteiger charge is -2.21. The molecule has 44 heavy (non-hydrogen) atoms. The molecule has 1 amide bonds. The molecule has 4 aromatic heterocycles. The van der Waals surface area contributed by atoms with Crippen LogP contribution in [-0.2, 0) is 24.8 Å². The van der Waals surface area contributed by atoms with Crippen LogP contribution in [0.15, 0.2) is 59.7 Å². The second-order valence-electron chi connectivity index (χ2n) is 11.2. The van der Waals surface area contributed by atoms with Crippen molar-refractivity contribution in [1.29, 1.82) is 0 Å². The first-order valence-corrected chi connectivity index (χ1v) is 14.5. The van der Waals surface area contributed by atoms with Crippen LogP contribution in [0.2, 0.25) is 0 Å². The summed E-state index contributed by atoms with van der Waals surface area (Å²) in [5, 5.41) is 15.6. The van der Waals surface area contributed by atoms with Gasteiger partial charge in [0.15, 0.2) is 23.0 Å². The molecule has 0 saturated heterocycles. The van der Waals surface area contributed by atoms with Gasteiger partial charge in [0.2, 0.25) is 0 Å². The van der Waals surface area contributed by atoms with Gasteiger partial charge in [-0.15, -0.1) is 5.10 Å². The van der Waals surface area contributed by atoms with Gasteiger partial charge in [-0.25, -0.2) is 9.50 Å². The number of imidazole rings is 1. The SMILES string of the molecule is COc1ccc(CN2CCc3c(Nc4cccn(-c5cc(C)n(C)n5)c4=O)nn4c(C(=O)N[C@@H]5C[C@@H]5OC)cnc4c32)cc1. The maximum absolute atomic E-state index is 13.6. The van der Waals surface area contributed by atoms with E-state index in [1.807, 2.05) is 44.3 Å². The highest BCUT2D eigenvalue weighted by Gasteiger charge is 2.39. The quantitative estimate of drug-likeness (QED) is 0.264. The summed E-state index contributed by atoms with van der Waals surface area (Å²) in [6, 6.07) is 13.3. The van der Waals surface area contributed by atoms with Crippen LogP contribution >= 0.6 is 0 Å². The fourth-order valence-corrected chi connectivity index (χ4v) is 5.69. The van der Waals surface area contributed by atoms with Crippen molar-refractivity contribution in [1.82, 2.24) is 34.3 Å². The van der Waals surface area contributed by atoms with E-state index in [-0.39, 0.29) is 23.6 Å². The number of benzene rings is 1. The Morgan fingerprint density at radius 3 is 2.66 bits per heavy atom. The lowest BCUT2D eigenvalue weighted by Crippen LogP contribution is -2.29. The Morgan fingerprint density at radius 2 is 1.95 bits per heavy atom. The number of ether oxygens (including phenoxy) is 2. The van der Waals surface area contributed by atoms with Crippen molar-refractivity contribution < 1.29 is 14.3 Å². The Morgan fingerprint density at radius 1 is 1.14 bits per heavy atom. The van der Waals surface area contributed by atoms with Crippen molar-refractivity contribution in [2.75, 3.05) is 31.0 Å². The van der Waals surface area contributed by atoms with E-state index in [0.717, 1.165) is 41.2 Å². The average molecular weight is 596 g/mol. The van der Waals surface area contributed by atoms with Gasteiger partial charge in [-0.2, -0.15) is 5.10 Å². The molecule has 7 rings (SSSR count). The maximum atomic E-state index is 13.6. The van der Waals surface area contributed by atoms with Crippen molar-refractivity contribution in [3.05, 3.63) is 87.7 Å². The van der Waals surface area contributed by atoms with Crippen molar-refractivity contribution in [2.45, 2.75) is 38.5 Å². The van der Waals surface area contributed by atoms with Gasteiger partial charge in [0.1, 0.15) is 11.4 Å². The molecule has 0 unspecified atom stereocenters. The summed E-state index contributed by atoms with van der Waals surface area (Å²) >= 11 is 0. The van der Waals surface area contributed by atoms with E-state index in [4.69, 9.17) is 14.6 Å². The lowest BCUT2D eigenvalue weighted by atomic mass is 10.2. The number of aromatic nitrogens is 6. The second kappa shape index (κ2) is 10.8. The van der Waals surface area contributed by atoms with E-state index in [9.17, 15) is 9.59 Å². The molecule has 2 N–H and O–H groups in total. The molecule has 1 fully saturated rings. The molecule has 13 heteroatoms. The summed E-state index contributed by atoms with van der Waals surface area (Å²) in [5.74, 6) is 1.53. The second-order valence-corrected chi connectivity index (χ2v) is 11.2. The Kier molecular flexibility index (Phi) is 6.81. The monoisotopic (exact) mass is 595 g/mol. The van der Waals surface area contributed by atoms with Gasteiger partial charge in [-0.05, 0) is 49.6 Å². The number of aryl methyl sites for hydroxylation is 2. The van der Waals surface area contributed by atoms with Crippen LogP contribution in [-0.4, -0.2) is 67.8 Å². The van der Waals surface area contributed by atoms with Crippen LogP contribution in [0.1, 0.15) is 33.7 Å². The van der Waals surface area contributed by atoms with Gasteiger partial charge >= 0.3 is 0 Å². The van der Waals surface area contributed by atoms with Crippen molar-refractivity contribution >= 4 is 28.7 Å². The summed E-state index contributed by atoms with van der Waals surface area (Å²) in [6.07, 6.45) is 4.70. The minimum absolute atomic E-state index is 0.00991. The first-order chi connectivity index (χ1) is 21.3. The zero-order valence-electron chi connectivity index (χ0n) is 24.9. The van der Waals surface area contributed by atoms with E-state index in [2.05, 4.69) is 25.6 Å². The predicted molar refractivity (Wildman–Crippen MR) is 164 cm³/mol. The van der Waals surface area contributed by atoms with E-state index in [1.54, 1.807) is 47.9 Å². The number of amides is 1. The average Bonchev–Trinajstić information content (AvgIpc) is 3.27. The van der Waals surface area contributed by atoms with Crippen LogP contribution in [0.25, 0.3) is 11.5 Å². The molecule has 1 aromatic carbocycles. The minimum atomic E-state index is -0.285. The first-order valence-electron chi connectivity index (χ1n) is 14.5. The summed E-state index contributed by atoms with van der Waals surface area (Å²) in [5.41, 5.74) is 4.78. The lowest BCUT2D eigenvalue weighted by molar-refractivity contribution is 0.0928.